The minimum absolute atomic E-state index is 0.0366. The van der Waals surface area contributed by atoms with Crippen molar-refractivity contribution in [2.45, 2.75) is 19.5 Å². The third kappa shape index (κ3) is 2.62. The predicted molar refractivity (Wildman–Crippen MR) is 89.4 cm³/mol. The number of carbonyl (C=O) groups excluding carboxylic acids is 1. The Labute approximate surface area is 138 Å². The van der Waals surface area contributed by atoms with E-state index in [0.717, 1.165) is 16.8 Å². The van der Waals surface area contributed by atoms with E-state index in [9.17, 15) is 4.79 Å². The average molecular weight is 320 g/mol. The summed E-state index contributed by atoms with van der Waals surface area (Å²) in [4.78, 5) is 11.8. The Kier molecular flexibility index (Phi) is 3.49. The van der Waals surface area contributed by atoms with Crippen LogP contribution in [0.1, 0.15) is 34.8 Å². The van der Waals surface area contributed by atoms with Crippen molar-refractivity contribution in [3.63, 3.8) is 0 Å². The molecule has 0 radical (unpaired) electrons. The molecule has 6 nitrogen and oxygen atoms in total. The second-order valence-corrected chi connectivity index (χ2v) is 5.73. The third-order valence-corrected chi connectivity index (χ3v) is 4.01. The second-order valence-electron chi connectivity index (χ2n) is 5.73. The SMILES string of the molecule is C[C@@H](Nc1ccc2c(c1)C(=O)NC2)c1nnc(-c2ccccc2)o1. The molecule has 0 aliphatic carbocycles. The van der Waals surface area contributed by atoms with E-state index in [2.05, 4.69) is 20.8 Å². The summed E-state index contributed by atoms with van der Waals surface area (Å²) in [5, 5.41) is 14.3. The molecule has 1 atom stereocenters. The summed E-state index contributed by atoms with van der Waals surface area (Å²) < 4.78 is 5.75. The minimum Gasteiger partial charge on any atom is -0.418 e. The highest BCUT2D eigenvalue weighted by atomic mass is 16.4. The molecule has 3 aromatic rings. The van der Waals surface area contributed by atoms with Gasteiger partial charge in [-0.15, -0.1) is 10.2 Å². The molecule has 0 saturated carbocycles. The standard InChI is InChI=1S/C18H16N4O2/c1-11(17-21-22-18(24-17)12-5-3-2-4-6-12)20-14-8-7-13-10-19-16(23)15(13)9-14/h2-9,11,20H,10H2,1H3,(H,19,23)/t11-/m1/s1. The highest BCUT2D eigenvalue weighted by Gasteiger charge is 2.20. The molecule has 0 saturated heterocycles. The van der Waals surface area contributed by atoms with Gasteiger partial charge in [0.25, 0.3) is 5.91 Å². The summed E-state index contributed by atoms with van der Waals surface area (Å²) in [5.74, 6) is 0.955. The molecule has 4 rings (SSSR count). The molecule has 1 aromatic heterocycles. The van der Waals surface area contributed by atoms with Gasteiger partial charge in [-0.3, -0.25) is 4.79 Å². The number of anilines is 1. The number of hydrogen-bond donors (Lipinski definition) is 2. The van der Waals surface area contributed by atoms with Crippen LogP contribution in [-0.4, -0.2) is 16.1 Å². The molecule has 0 unspecified atom stereocenters. The number of amides is 1. The van der Waals surface area contributed by atoms with Crippen LogP contribution in [0.15, 0.2) is 52.9 Å². The van der Waals surface area contributed by atoms with Gasteiger partial charge in [-0.2, -0.15) is 0 Å². The number of nitrogens with one attached hydrogen (secondary N) is 2. The van der Waals surface area contributed by atoms with Gasteiger partial charge in [0, 0.05) is 23.4 Å². The van der Waals surface area contributed by atoms with Crippen LogP contribution in [-0.2, 0) is 6.54 Å². The van der Waals surface area contributed by atoms with E-state index >= 15 is 0 Å². The number of rotatable bonds is 4. The van der Waals surface area contributed by atoms with Crippen molar-refractivity contribution in [1.29, 1.82) is 0 Å². The second kappa shape index (κ2) is 5.81. The fourth-order valence-corrected chi connectivity index (χ4v) is 2.72. The van der Waals surface area contributed by atoms with Crippen molar-refractivity contribution in [3.05, 3.63) is 65.5 Å². The molecule has 1 aliphatic heterocycles. The molecular weight excluding hydrogens is 304 g/mol. The van der Waals surface area contributed by atoms with Crippen LogP contribution >= 0.6 is 0 Å². The van der Waals surface area contributed by atoms with Gasteiger partial charge in [-0.1, -0.05) is 24.3 Å². The molecular formula is C18H16N4O2. The normalized spacial score (nSPS) is 14.1. The first-order chi connectivity index (χ1) is 11.7. The number of fused-ring (bicyclic) bond motifs is 1. The van der Waals surface area contributed by atoms with E-state index in [-0.39, 0.29) is 11.9 Å². The van der Waals surface area contributed by atoms with Gasteiger partial charge in [-0.25, -0.2) is 0 Å². The van der Waals surface area contributed by atoms with Crippen molar-refractivity contribution in [3.8, 4) is 11.5 Å². The first-order valence-electron chi connectivity index (χ1n) is 7.77. The Balaban J connectivity index is 1.53. The van der Waals surface area contributed by atoms with E-state index in [1.165, 1.54) is 0 Å². The maximum absolute atomic E-state index is 11.8. The van der Waals surface area contributed by atoms with Crippen LogP contribution < -0.4 is 10.6 Å². The monoisotopic (exact) mass is 320 g/mol. The summed E-state index contributed by atoms with van der Waals surface area (Å²) >= 11 is 0. The molecule has 2 N–H and O–H groups in total. The average Bonchev–Trinajstić information content (AvgIpc) is 3.24. The van der Waals surface area contributed by atoms with E-state index in [1.807, 2.05) is 55.5 Å². The summed E-state index contributed by atoms with van der Waals surface area (Å²) in [6, 6.07) is 15.2. The van der Waals surface area contributed by atoms with Gasteiger partial charge in [-0.05, 0) is 36.8 Å². The highest BCUT2D eigenvalue weighted by Crippen LogP contribution is 2.25. The van der Waals surface area contributed by atoms with Gasteiger partial charge >= 0.3 is 0 Å². The lowest BCUT2D eigenvalue weighted by Crippen LogP contribution is -2.12. The van der Waals surface area contributed by atoms with Gasteiger partial charge < -0.3 is 15.1 Å². The third-order valence-electron chi connectivity index (χ3n) is 4.01. The first-order valence-corrected chi connectivity index (χ1v) is 7.77. The molecule has 120 valence electrons. The van der Waals surface area contributed by atoms with Gasteiger partial charge in [0.15, 0.2) is 0 Å². The summed E-state index contributed by atoms with van der Waals surface area (Å²) in [5.41, 5.74) is 3.46. The Morgan fingerprint density at radius 1 is 1.17 bits per heavy atom. The predicted octanol–water partition coefficient (Wildman–Crippen LogP) is 3.15. The molecule has 0 bridgehead atoms. The Morgan fingerprint density at radius 3 is 2.83 bits per heavy atom. The highest BCUT2D eigenvalue weighted by molar-refractivity contribution is 5.99. The van der Waals surface area contributed by atoms with E-state index < -0.39 is 0 Å². The summed E-state index contributed by atoms with van der Waals surface area (Å²) in [7, 11) is 0. The van der Waals surface area contributed by atoms with Gasteiger partial charge in [0.2, 0.25) is 11.8 Å². The van der Waals surface area contributed by atoms with E-state index in [4.69, 9.17) is 4.42 Å². The van der Waals surface area contributed by atoms with Crippen LogP contribution in [0.25, 0.3) is 11.5 Å². The fraction of sp³-hybridized carbons (Fsp3) is 0.167. The van der Waals surface area contributed by atoms with Crippen LogP contribution in [0.2, 0.25) is 0 Å². The lowest BCUT2D eigenvalue weighted by atomic mass is 10.1. The zero-order valence-corrected chi connectivity index (χ0v) is 13.1. The number of carbonyl (C=O) groups is 1. The molecule has 6 heteroatoms. The largest absolute Gasteiger partial charge is 0.418 e. The maximum atomic E-state index is 11.8. The minimum atomic E-state index is -0.169. The molecule has 2 heterocycles. The zero-order valence-electron chi connectivity index (χ0n) is 13.1. The number of hydrogen-bond acceptors (Lipinski definition) is 5. The van der Waals surface area contributed by atoms with E-state index in [1.54, 1.807) is 0 Å². The zero-order chi connectivity index (χ0) is 16.5. The van der Waals surface area contributed by atoms with Crippen molar-refractivity contribution in [2.75, 3.05) is 5.32 Å². The van der Waals surface area contributed by atoms with Crippen LogP contribution in [0.3, 0.4) is 0 Å². The first kappa shape index (κ1) is 14.4. The lowest BCUT2D eigenvalue weighted by Gasteiger charge is -2.12. The van der Waals surface area contributed by atoms with Crippen LogP contribution in [0.4, 0.5) is 5.69 Å². The number of nitrogens with zero attached hydrogens (tertiary/aromatic N) is 2. The quantitative estimate of drug-likeness (QED) is 0.772. The van der Waals surface area contributed by atoms with Crippen LogP contribution in [0.5, 0.6) is 0 Å². The molecule has 1 amide bonds. The fourth-order valence-electron chi connectivity index (χ4n) is 2.72. The van der Waals surface area contributed by atoms with Gasteiger partial charge in [0.1, 0.15) is 6.04 Å². The molecule has 2 aromatic carbocycles. The van der Waals surface area contributed by atoms with Crippen molar-refractivity contribution < 1.29 is 9.21 Å². The smallest absolute Gasteiger partial charge is 0.251 e. The van der Waals surface area contributed by atoms with Crippen molar-refractivity contribution >= 4 is 11.6 Å². The molecule has 1 aliphatic rings. The molecule has 0 fully saturated rings. The van der Waals surface area contributed by atoms with Gasteiger partial charge in [0.05, 0.1) is 0 Å². The Morgan fingerprint density at radius 2 is 2.00 bits per heavy atom. The van der Waals surface area contributed by atoms with E-state index in [0.29, 0.717) is 23.9 Å². The number of aromatic nitrogens is 2. The Bertz CT molecular complexity index is 889. The summed E-state index contributed by atoms with van der Waals surface area (Å²) in [6.07, 6.45) is 0. The summed E-state index contributed by atoms with van der Waals surface area (Å²) in [6.45, 7) is 2.53. The number of benzene rings is 2. The van der Waals surface area contributed by atoms with Crippen molar-refractivity contribution in [1.82, 2.24) is 15.5 Å². The lowest BCUT2D eigenvalue weighted by molar-refractivity contribution is 0.0966. The maximum Gasteiger partial charge on any atom is 0.251 e. The molecule has 0 spiro atoms. The van der Waals surface area contributed by atoms with Crippen molar-refractivity contribution in [2.24, 2.45) is 0 Å². The Hall–Kier alpha value is -3.15. The molecule has 24 heavy (non-hydrogen) atoms. The van der Waals surface area contributed by atoms with Crippen LogP contribution in [0, 0.1) is 0 Å². The topological polar surface area (TPSA) is 80.0 Å².